The highest BCUT2D eigenvalue weighted by Gasteiger charge is 2.20. The van der Waals surface area contributed by atoms with Crippen LogP contribution in [0.3, 0.4) is 0 Å². The molecule has 2 heteroatoms. The van der Waals surface area contributed by atoms with Crippen molar-refractivity contribution in [2.45, 2.75) is 0 Å². The van der Waals surface area contributed by atoms with Crippen LogP contribution in [0.25, 0.3) is 98.8 Å². The van der Waals surface area contributed by atoms with Crippen molar-refractivity contribution in [3.8, 4) is 33.6 Å². The van der Waals surface area contributed by atoms with Gasteiger partial charge in [-0.05, 0) is 92.3 Å². The third-order valence-corrected chi connectivity index (χ3v) is 10.3. The number of aromatic nitrogens is 2. The molecule has 0 aliphatic carbocycles. The molecule has 52 heavy (non-hydrogen) atoms. The summed E-state index contributed by atoms with van der Waals surface area (Å²) >= 11 is 0. The van der Waals surface area contributed by atoms with Crippen LogP contribution in [0.4, 0.5) is 0 Å². The topological polar surface area (TPSA) is 9.86 Å². The van der Waals surface area contributed by atoms with Gasteiger partial charge in [-0.25, -0.2) is 0 Å². The van der Waals surface area contributed by atoms with E-state index in [-0.39, 0.29) is 58.6 Å². The van der Waals surface area contributed by atoms with E-state index in [0.717, 1.165) is 60.4 Å². The highest BCUT2D eigenvalue weighted by molar-refractivity contribution is 6.25. The van der Waals surface area contributed by atoms with Crippen molar-refractivity contribution >= 4 is 65.2 Å². The molecule has 0 unspecified atom stereocenters. The summed E-state index contributed by atoms with van der Waals surface area (Å²) in [6, 6.07) is 49.8. The van der Waals surface area contributed by atoms with Gasteiger partial charge in [-0.15, -0.1) is 0 Å². The van der Waals surface area contributed by atoms with Crippen molar-refractivity contribution in [1.29, 1.82) is 0 Å². The summed E-state index contributed by atoms with van der Waals surface area (Å²) in [6.45, 7) is 0. The molecular formula is C50H32N2. The lowest BCUT2D eigenvalue weighted by molar-refractivity contribution is 1.17. The lowest BCUT2D eigenvalue weighted by Gasteiger charge is -2.12. The van der Waals surface area contributed by atoms with Gasteiger partial charge in [-0.1, -0.05) is 145 Å². The lowest BCUT2D eigenvalue weighted by Crippen LogP contribution is -1.96. The molecule has 2 aromatic heterocycles. The summed E-state index contributed by atoms with van der Waals surface area (Å²) in [4.78, 5) is 0. The van der Waals surface area contributed by atoms with E-state index >= 15 is 0 Å². The molecule has 0 atom stereocenters. The molecule has 0 bridgehead atoms. The first-order valence-corrected chi connectivity index (χ1v) is 17.4. The number of nitrogens with zero attached hydrogens (tertiary/aromatic N) is 2. The predicted octanol–water partition coefficient (Wildman–Crippen LogP) is 13.5. The highest BCUT2D eigenvalue weighted by atomic mass is 15.0. The Morgan fingerprint density at radius 3 is 2.06 bits per heavy atom. The second-order valence-corrected chi connectivity index (χ2v) is 13.2. The van der Waals surface area contributed by atoms with Gasteiger partial charge in [-0.2, -0.15) is 0 Å². The third-order valence-electron chi connectivity index (χ3n) is 10.3. The Kier molecular flexibility index (Phi) is 4.95. The van der Waals surface area contributed by atoms with Gasteiger partial charge in [0.2, 0.25) is 0 Å². The van der Waals surface area contributed by atoms with Crippen molar-refractivity contribution in [3.63, 3.8) is 0 Å². The molecular weight excluding hydrogens is 629 g/mol. The molecule has 0 saturated heterocycles. The summed E-state index contributed by atoms with van der Waals surface area (Å²) in [5.41, 5.74) is 8.48. The Bertz CT molecular complexity index is 3590. The minimum atomic E-state index is -0.384. The van der Waals surface area contributed by atoms with Crippen LogP contribution < -0.4 is 0 Å². The molecule has 0 aliphatic rings. The van der Waals surface area contributed by atoms with Crippen molar-refractivity contribution in [2.75, 3.05) is 0 Å². The van der Waals surface area contributed by atoms with E-state index in [1.54, 1.807) is 12.1 Å². The van der Waals surface area contributed by atoms with E-state index in [1.165, 1.54) is 16.8 Å². The fourth-order valence-electron chi connectivity index (χ4n) is 8.03. The standard InChI is InChI=1S/C50H32N2/c1-2-12-33(13-3-1)37-17-10-18-39(30-37)52-47-29-26-35-15-5-7-20-42(35)50(47)45-31-44-43-21-8-9-23-46(43)51(48(44)32-49(45)52)38-27-24-36(25-28-38)41-22-11-16-34-14-4-6-19-40(34)41/h1-32H/i4D,11D,14D,16D,19D,22D,27D. The molecule has 0 aliphatic heterocycles. The Morgan fingerprint density at radius 1 is 0.346 bits per heavy atom. The van der Waals surface area contributed by atoms with E-state index < -0.39 is 0 Å². The van der Waals surface area contributed by atoms with Crippen LogP contribution in [0, 0.1) is 0 Å². The zero-order valence-corrected chi connectivity index (χ0v) is 27.8. The predicted molar refractivity (Wildman–Crippen MR) is 221 cm³/mol. The van der Waals surface area contributed by atoms with E-state index in [4.69, 9.17) is 8.22 Å². The van der Waals surface area contributed by atoms with Gasteiger partial charge >= 0.3 is 0 Å². The van der Waals surface area contributed by atoms with Crippen molar-refractivity contribution < 1.29 is 9.60 Å². The fourth-order valence-corrected chi connectivity index (χ4v) is 8.03. The first-order chi connectivity index (χ1) is 28.7. The fraction of sp³-hybridized carbons (Fsp3) is 0. The van der Waals surface area contributed by atoms with E-state index in [9.17, 15) is 1.37 Å². The van der Waals surface area contributed by atoms with Crippen LogP contribution in [0.2, 0.25) is 0 Å². The van der Waals surface area contributed by atoms with Gasteiger partial charge in [0.25, 0.3) is 0 Å². The molecule has 0 amide bonds. The zero-order valence-electron chi connectivity index (χ0n) is 34.8. The Morgan fingerprint density at radius 2 is 1.13 bits per heavy atom. The average molecular weight is 668 g/mol. The molecule has 11 aromatic rings. The van der Waals surface area contributed by atoms with Crippen LogP contribution in [0.1, 0.15) is 9.60 Å². The molecule has 0 saturated carbocycles. The maximum absolute atomic E-state index is 9.53. The summed E-state index contributed by atoms with van der Waals surface area (Å²) in [5.74, 6) is 0. The molecule has 2 nitrogen and oxygen atoms in total. The average Bonchev–Trinajstić information content (AvgIpc) is 3.76. The molecule has 242 valence electrons. The van der Waals surface area contributed by atoms with E-state index in [1.807, 2.05) is 24.3 Å². The smallest absolute Gasteiger partial charge is 0.0645 e. The summed E-state index contributed by atoms with van der Waals surface area (Å²) in [5, 5.41) is 6.86. The minimum absolute atomic E-state index is 0.00186. The van der Waals surface area contributed by atoms with Crippen molar-refractivity contribution in [1.82, 2.24) is 9.13 Å². The van der Waals surface area contributed by atoms with Gasteiger partial charge in [-0.3, -0.25) is 0 Å². The van der Waals surface area contributed by atoms with Crippen LogP contribution in [0.5, 0.6) is 0 Å². The van der Waals surface area contributed by atoms with Gasteiger partial charge in [0.1, 0.15) is 0 Å². The van der Waals surface area contributed by atoms with Crippen LogP contribution in [-0.2, 0) is 0 Å². The van der Waals surface area contributed by atoms with Gasteiger partial charge in [0.05, 0.1) is 31.7 Å². The van der Waals surface area contributed by atoms with Crippen LogP contribution >= 0.6 is 0 Å². The summed E-state index contributed by atoms with van der Waals surface area (Å²) < 4.78 is 65.6. The molecule has 0 fully saturated rings. The third kappa shape index (κ3) is 4.31. The molecule has 0 N–H and O–H groups in total. The second kappa shape index (κ2) is 11.3. The first kappa shape index (κ1) is 22.7. The quantitative estimate of drug-likeness (QED) is 0.177. The molecule has 0 radical (unpaired) electrons. The molecule has 11 rings (SSSR count). The highest BCUT2D eigenvalue weighted by Crippen LogP contribution is 2.42. The largest absolute Gasteiger partial charge is 0.309 e. The van der Waals surface area contributed by atoms with Gasteiger partial charge in [0, 0.05) is 32.9 Å². The normalized spacial score (nSPS) is 13.7. The number of benzene rings is 9. The Hall–Kier alpha value is -6.90. The van der Waals surface area contributed by atoms with Crippen LogP contribution in [0.15, 0.2) is 194 Å². The molecule has 2 heterocycles. The first-order valence-electron chi connectivity index (χ1n) is 20.9. The number of hydrogen-bond donors (Lipinski definition) is 0. The molecule has 9 aromatic carbocycles. The minimum Gasteiger partial charge on any atom is -0.309 e. The van der Waals surface area contributed by atoms with Gasteiger partial charge < -0.3 is 9.13 Å². The van der Waals surface area contributed by atoms with Crippen molar-refractivity contribution in [2.24, 2.45) is 0 Å². The zero-order chi connectivity index (χ0) is 40.3. The lowest BCUT2D eigenvalue weighted by atomic mass is 9.98. The molecule has 0 spiro atoms. The van der Waals surface area contributed by atoms with Crippen LogP contribution in [-0.4, -0.2) is 9.13 Å². The van der Waals surface area contributed by atoms with E-state index in [0.29, 0.717) is 11.3 Å². The second-order valence-electron chi connectivity index (χ2n) is 13.2. The summed E-state index contributed by atoms with van der Waals surface area (Å²) in [7, 11) is 0. The number of fused-ring (bicyclic) bond motifs is 9. The number of rotatable bonds is 4. The number of hydrogen-bond acceptors (Lipinski definition) is 0. The maximum atomic E-state index is 9.53. The monoisotopic (exact) mass is 667 g/mol. The maximum Gasteiger partial charge on any atom is 0.0645 e. The SMILES string of the molecule is [2H]c1cc(-c2c([2H])c([2H])c([2H])c3c([2H])c([2H])cc([2H])c23)ccc1-n1c2ccccc2c2cc3c4c5ccccc5ccc4n(-c4cccc(-c5ccccc5)c4)c3cc21. The summed E-state index contributed by atoms with van der Waals surface area (Å²) in [6.07, 6.45) is 0. The van der Waals surface area contributed by atoms with Crippen molar-refractivity contribution in [3.05, 3.63) is 194 Å². The van der Waals surface area contributed by atoms with Gasteiger partial charge in [0.15, 0.2) is 0 Å². The Labute approximate surface area is 310 Å². The number of para-hydroxylation sites is 1. The van der Waals surface area contributed by atoms with E-state index in [2.05, 4.69) is 118 Å². The Balaban J connectivity index is 1.20.